The molecule has 0 radical (unpaired) electrons. The molecule has 2 N–H and O–H groups in total. The van der Waals surface area contributed by atoms with Gasteiger partial charge in [0.05, 0.1) is 25.8 Å². The number of Topliss-reactive ketones (excluding diaryl/α,β-unsaturated/α-hetero) is 1. The summed E-state index contributed by atoms with van der Waals surface area (Å²) < 4.78 is 10.9. The molecule has 1 heterocycles. The zero-order chi connectivity index (χ0) is 25.1. The number of hydrogen-bond acceptors (Lipinski definition) is 6. The van der Waals surface area contributed by atoms with Crippen molar-refractivity contribution in [1.82, 2.24) is 0 Å². The number of aliphatic hydroxyl groups excluding tert-OH is 1. The number of methoxy groups -OCH3 is 2. The fourth-order valence-electron chi connectivity index (χ4n) is 4.10. The Morgan fingerprint density at radius 3 is 2.23 bits per heavy atom. The summed E-state index contributed by atoms with van der Waals surface area (Å²) in [5, 5.41) is 13.9. The first-order valence-electron chi connectivity index (χ1n) is 10.8. The van der Waals surface area contributed by atoms with Gasteiger partial charge in [-0.05, 0) is 36.4 Å². The first-order chi connectivity index (χ1) is 16.8. The standard InChI is InChI=1S/C27H24N2O6/c1-16(30)28-18-9-11-19(12-10-18)29-24(21-14-13-20(34-2)15-22(21)35-3)23(26(32)27(29)33)25(31)17-7-5-4-6-8-17/h4-15,24,31H,1-3H3,(H,28,30)/b25-23+/t24-/m0/s1. The van der Waals surface area contributed by atoms with Crippen molar-refractivity contribution >= 4 is 34.7 Å². The van der Waals surface area contributed by atoms with Crippen LogP contribution in [0.25, 0.3) is 5.76 Å². The average molecular weight is 472 g/mol. The van der Waals surface area contributed by atoms with E-state index in [-0.39, 0.29) is 17.2 Å². The van der Waals surface area contributed by atoms with E-state index in [0.29, 0.717) is 34.0 Å². The van der Waals surface area contributed by atoms with Gasteiger partial charge in [-0.2, -0.15) is 0 Å². The van der Waals surface area contributed by atoms with Crippen molar-refractivity contribution in [3.05, 3.63) is 89.5 Å². The third-order valence-electron chi connectivity index (χ3n) is 5.69. The summed E-state index contributed by atoms with van der Waals surface area (Å²) in [6.07, 6.45) is 0. The van der Waals surface area contributed by atoms with E-state index in [1.807, 2.05) is 0 Å². The quantitative estimate of drug-likeness (QED) is 0.315. The summed E-state index contributed by atoms with van der Waals surface area (Å²) in [7, 11) is 3.00. The van der Waals surface area contributed by atoms with Crippen LogP contribution in [0.4, 0.5) is 11.4 Å². The number of benzene rings is 3. The van der Waals surface area contributed by atoms with Crippen LogP contribution < -0.4 is 19.7 Å². The molecule has 4 rings (SSSR count). The van der Waals surface area contributed by atoms with Crippen LogP contribution in [0.5, 0.6) is 11.5 Å². The van der Waals surface area contributed by atoms with Crippen molar-refractivity contribution in [1.29, 1.82) is 0 Å². The fourth-order valence-corrected chi connectivity index (χ4v) is 4.10. The van der Waals surface area contributed by atoms with E-state index >= 15 is 0 Å². The number of amides is 2. The van der Waals surface area contributed by atoms with E-state index in [0.717, 1.165) is 0 Å². The Morgan fingerprint density at radius 2 is 1.63 bits per heavy atom. The van der Waals surface area contributed by atoms with Gasteiger partial charge in [-0.1, -0.05) is 30.3 Å². The molecule has 1 saturated heterocycles. The minimum absolute atomic E-state index is 0.0596. The van der Waals surface area contributed by atoms with Gasteiger partial charge in [0.1, 0.15) is 17.3 Å². The zero-order valence-electron chi connectivity index (χ0n) is 19.4. The molecule has 35 heavy (non-hydrogen) atoms. The number of nitrogens with one attached hydrogen (secondary N) is 1. The van der Waals surface area contributed by atoms with Gasteiger partial charge in [0.2, 0.25) is 5.91 Å². The Hall–Kier alpha value is -4.59. The zero-order valence-corrected chi connectivity index (χ0v) is 19.4. The van der Waals surface area contributed by atoms with Crippen LogP contribution in [-0.2, 0) is 14.4 Å². The van der Waals surface area contributed by atoms with E-state index < -0.39 is 17.7 Å². The van der Waals surface area contributed by atoms with Gasteiger partial charge in [0.15, 0.2) is 0 Å². The van der Waals surface area contributed by atoms with E-state index in [1.54, 1.807) is 72.8 Å². The third kappa shape index (κ3) is 4.46. The average Bonchev–Trinajstić information content (AvgIpc) is 3.13. The van der Waals surface area contributed by atoms with Gasteiger partial charge >= 0.3 is 0 Å². The summed E-state index contributed by atoms with van der Waals surface area (Å²) in [6, 6.07) is 19.2. The summed E-state index contributed by atoms with van der Waals surface area (Å²) in [6.45, 7) is 1.39. The lowest BCUT2D eigenvalue weighted by molar-refractivity contribution is -0.132. The normalized spacial score (nSPS) is 16.8. The first-order valence-corrected chi connectivity index (χ1v) is 10.8. The molecule has 1 aliphatic rings. The number of anilines is 2. The SMILES string of the molecule is COc1ccc([C@H]2/C(=C(\O)c3ccccc3)C(=O)C(=O)N2c2ccc(NC(C)=O)cc2)c(OC)c1. The molecule has 0 aromatic heterocycles. The van der Waals surface area contributed by atoms with Crippen molar-refractivity contribution in [2.45, 2.75) is 13.0 Å². The predicted octanol–water partition coefficient (Wildman–Crippen LogP) is 4.29. The molecule has 8 nitrogen and oxygen atoms in total. The van der Waals surface area contributed by atoms with Crippen molar-refractivity contribution in [3.8, 4) is 11.5 Å². The van der Waals surface area contributed by atoms with E-state index in [9.17, 15) is 19.5 Å². The first kappa shape index (κ1) is 23.6. The second-order valence-corrected chi connectivity index (χ2v) is 7.87. The molecule has 178 valence electrons. The minimum Gasteiger partial charge on any atom is -0.507 e. The summed E-state index contributed by atoms with van der Waals surface area (Å²) in [5.41, 5.74) is 1.80. The Morgan fingerprint density at radius 1 is 0.943 bits per heavy atom. The molecule has 3 aromatic carbocycles. The largest absolute Gasteiger partial charge is 0.507 e. The van der Waals surface area contributed by atoms with Crippen molar-refractivity contribution in [2.75, 3.05) is 24.4 Å². The number of ether oxygens (including phenoxy) is 2. The van der Waals surface area contributed by atoms with Crippen molar-refractivity contribution < 1.29 is 29.0 Å². The van der Waals surface area contributed by atoms with Crippen LogP contribution in [0, 0.1) is 0 Å². The molecule has 1 fully saturated rings. The minimum atomic E-state index is -0.970. The fraction of sp³-hybridized carbons (Fsp3) is 0.148. The number of ketones is 1. The molecular formula is C27H24N2O6. The highest BCUT2D eigenvalue weighted by atomic mass is 16.5. The molecule has 2 amide bonds. The maximum Gasteiger partial charge on any atom is 0.300 e. The van der Waals surface area contributed by atoms with Gasteiger partial charge in [-0.25, -0.2) is 0 Å². The third-order valence-corrected chi connectivity index (χ3v) is 5.69. The van der Waals surface area contributed by atoms with Gasteiger partial charge in [0, 0.05) is 35.5 Å². The van der Waals surface area contributed by atoms with Crippen LogP contribution in [0.15, 0.2) is 78.4 Å². The number of hydrogen-bond donors (Lipinski definition) is 2. The lowest BCUT2D eigenvalue weighted by atomic mass is 9.94. The number of aliphatic hydroxyl groups is 1. The van der Waals surface area contributed by atoms with Crippen molar-refractivity contribution in [3.63, 3.8) is 0 Å². The van der Waals surface area contributed by atoms with Crippen molar-refractivity contribution in [2.24, 2.45) is 0 Å². The molecule has 0 unspecified atom stereocenters. The Balaban J connectivity index is 1.93. The number of nitrogens with zero attached hydrogens (tertiary/aromatic N) is 1. The molecule has 0 aliphatic carbocycles. The Labute approximate surface area is 202 Å². The van der Waals surface area contributed by atoms with Crippen LogP contribution in [0.3, 0.4) is 0 Å². The number of rotatable bonds is 6. The van der Waals surface area contributed by atoms with Crippen LogP contribution in [-0.4, -0.2) is 36.9 Å². The lowest BCUT2D eigenvalue weighted by Crippen LogP contribution is -2.29. The molecule has 3 aromatic rings. The molecular weight excluding hydrogens is 448 g/mol. The smallest absolute Gasteiger partial charge is 0.300 e. The van der Waals surface area contributed by atoms with E-state index in [1.165, 1.54) is 26.0 Å². The maximum atomic E-state index is 13.3. The van der Waals surface area contributed by atoms with Gasteiger partial charge in [0.25, 0.3) is 11.7 Å². The molecule has 0 bridgehead atoms. The monoisotopic (exact) mass is 472 g/mol. The molecule has 8 heteroatoms. The van der Waals surface area contributed by atoms with E-state index in [2.05, 4.69) is 5.32 Å². The second-order valence-electron chi connectivity index (χ2n) is 7.87. The summed E-state index contributed by atoms with van der Waals surface area (Å²) in [4.78, 5) is 39.3. The highest BCUT2D eigenvalue weighted by Crippen LogP contribution is 2.45. The molecule has 1 aliphatic heterocycles. The molecule has 0 saturated carbocycles. The Bertz CT molecular complexity index is 1320. The predicted molar refractivity (Wildman–Crippen MR) is 132 cm³/mol. The number of carbonyl (C=O) groups excluding carboxylic acids is 3. The topological polar surface area (TPSA) is 105 Å². The summed E-state index contributed by atoms with van der Waals surface area (Å²) in [5.74, 6) is -1.22. The Kier molecular flexibility index (Phi) is 6.55. The van der Waals surface area contributed by atoms with Gasteiger partial charge < -0.3 is 19.9 Å². The van der Waals surface area contributed by atoms with Crippen LogP contribution in [0.1, 0.15) is 24.1 Å². The summed E-state index contributed by atoms with van der Waals surface area (Å²) >= 11 is 0. The molecule has 1 atom stereocenters. The number of carbonyl (C=O) groups is 3. The molecule has 0 spiro atoms. The highest BCUT2D eigenvalue weighted by molar-refractivity contribution is 6.51. The highest BCUT2D eigenvalue weighted by Gasteiger charge is 2.48. The second kappa shape index (κ2) is 9.72. The van der Waals surface area contributed by atoms with E-state index in [4.69, 9.17) is 9.47 Å². The van der Waals surface area contributed by atoms with Gasteiger partial charge in [-0.3, -0.25) is 19.3 Å². The maximum absolute atomic E-state index is 13.3. The lowest BCUT2D eigenvalue weighted by Gasteiger charge is -2.27. The van der Waals surface area contributed by atoms with Gasteiger partial charge in [-0.15, -0.1) is 0 Å². The van der Waals surface area contributed by atoms with Crippen LogP contribution >= 0.6 is 0 Å². The van der Waals surface area contributed by atoms with Crippen LogP contribution in [0.2, 0.25) is 0 Å².